The Balaban J connectivity index is 2.50. The quantitative estimate of drug-likeness (QED) is 0.754. The molecule has 0 aliphatic rings. The summed E-state index contributed by atoms with van der Waals surface area (Å²) in [7, 11) is 3.03. The molecular formula is C14H19ClN4O3. The van der Waals surface area contributed by atoms with E-state index in [0.29, 0.717) is 10.7 Å². The Bertz CT molecular complexity index is 548. The molecule has 0 radical (unpaired) electrons. The van der Waals surface area contributed by atoms with Crippen LogP contribution in [0, 0.1) is 0 Å². The number of imide groups is 1. The summed E-state index contributed by atoms with van der Waals surface area (Å²) in [5.41, 5.74) is 0.616. The van der Waals surface area contributed by atoms with Gasteiger partial charge in [-0.3, -0.25) is 19.8 Å². The van der Waals surface area contributed by atoms with Crippen molar-refractivity contribution in [1.29, 1.82) is 0 Å². The van der Waals surface area contributed by atoms with Crippen molar-refractivity contribution < 1.29 is 14.4 Å². The highest BCUT2D eigenvalue weighted by Crippen LogP contribution is 2.13. The fourth-order valence-corrected chi connectivity index (χ4v) is 1.70. The molecule has 7 nitrogen and oxygen atoms in total. The molecule has 0 saturated carbocycles. The monoisotopic (exact) mass is 326 g/mol. The molecule has 8 heteroatoms. The van der Waals surface area contributed by atoms with E-state index in [9.17, 15) is 14.4 Å². The van der Waals surface area contributed by atoms with Gasteiger partial charge in [-0.05, 0) is 38.2 Å². The van der Waals surface area contributed by atoms with Crippen LogP contribution in [0.5, 0.6) is 0 Å². The fourth-order valence-electron chi connectivity index (χ4n) is 1.58. The van der Waals surface area contributed by atoms with Gasteiger partial charge in [-0.15, -0.1) is 0 Å². The number of nitrogens with one attached hydrogen (secondary N) is 3. The number of hydrogen-bond acceptors (Lipinski definition) is 4. The van der Waals surface area contributed by atoms with Gasteiger partial charge in [-0.2, -0.15) is 0 Å². The zero-order valence-corrected chi connectivity index (χ0v) is 13.4. The lowest BCUT2D eigenvalue weighted by molar-refractivity contribution is -0.125. The minimum atomic E-state index is -0.631. The molecule has 0 fully saturated rings. The van der Waals surface area contributed by atoms with Crippen LogP contribution in [-0.2, 0) is 9.59 Å². The average molecular weight is 327 g/mol. The molecular weight excluding hydrogens is 308 g/mol. The highest BCUT2D eigenvalue weighted by Gasteiger charge is 2.21. The van der Waals surface area contributed by atoms with E-state index in [4.69, 9.17) is 11.6 Å². The first-order valence-corrected chi connectivity index (χ1v) is 6.99. The molecule has 4 amide bonds. The van der Waals surface area contributed by atoms with Crippen molar-refractivity contribution >= 4 is 35.1 Å². The van der Waals surface area contributed by atoms with Crippen molar-refractivity contribution in [2.45, 2.75) is 13.0 Å². The lowest BCUT2D eigenvalue weighted by atomic mass is 10.2. The predicted molar refractivity (Wildman–Crippen MR) is 84.8 cm³/mol. The van der Waals surface area contributed by atoms with Gasteiger partial charge >= 0.3 is 6.03 Å². The molecule has 3 N–H and O–H groups in total. The van der Waals surface area contributed by atoms with E-state index in [-0.39, 0.29) is 12.5 Å². The molecule has 120 valence electrons. The summed E-state index contributed by atoms with van der Waals surface area (Å²) in [6, 6.07) is 5.48. The number of hydrogen-bond donors (Lipinski definition) is 3. The van der Waals surface area contributed by atoms with Crippen molar-refractivity contribution in [2.24, 2.45) is 0 Å². The lowest BCUT2D eigenvalue weighted by Crippen LogP contribution is -2.49. The molecule has 0 aliphatic heterocycles. The van der Waals surface area contributed by atoms with Gasteiger partial charge in [0.2, 0.25) is 11.8 Å². The normalized spacial score (nSPS) is 11.7. The van der Waals surface area contributed by atoms with Crippen LogP contribution in [0.25, 0.3) is 0 Å². The minimum absolute atomic E-state index is 0.00492. The van der Waals surface area contributed by atoms with Gasteiger partial charge in [-0.1, -0.05) is 11.6 Å². The summed E-state index contributed by atoms with van der Waals surface area (Å²) in [6.45, 7) is 1.61. The van der Waals surface area contributed by atoms with Crippen LogP contribution in [0.4, 0.5) is 10.5 Å². The van der Waals surface area contributed by atoms with Gasteiger partial charge in [0.05, 0.1) is 12.6 Å². The van der Waals surface area contributed by atoms with E-state index >= 15 is 0 Å². The number of nitrogens with zero attached hydrogens (tertiary/aromatic N) is 1. The first-order chi connectivity index (χ1) is 10.3. The largest absolute Gasteiger partial charge is 0.341 e. The molecule has 0 heterocycles. The Morgan fingerprint density at radius 1 is 1.23 bits per heavy atom. The molecule has 0 aromatic heterocycles. The van der Waals surface area contributed by atoms with Crippen LogP contribution in [0.15, 0.2) is 24.3 Å². The molecule has 0 saturated heterocycles. The maximum Gasteiger partial charge on any atom is 0.321 e. The standard InChI is InChI=1S/C14H19ClN4O3/c1-9(13(21)18-14(22)16-2)19(3)8-12(20)17-11-6-4-10(15)5-7-11/h4-7,9H,8H2,1-3H3,(H,17,20)(H2,16,18,21,22)/t9-/m0/s1. The Hall–Kier alpha value is -2.12. The van der Waals surface area contributed by atoms with Crippen LogP contribution in [0.2, 0.25) is 5.02 Å². The molecule has 0 bridgehead atoms. The Morgan fingerprint density at radius 3 is 2.36 bits per heavy atom. The zero-order chi connectivity index (χ0) is 16.7. The average Bonchev–Trinajstić information content (AvgIpc) is 2.48. The highest BCUT2D eigenvalue weighted by molar-refractivity contribution is 6.30. The second-order valence-corrected chi connectivity index (χ2v) is 5.15. The number of urea groups is 1. The molecule has 1 atom stereocenters. The van der Waals surface area contributed by atoms with Gasteiger partial charge in [0, 0.05) is 17.8 Å². The third-order valence-electron chi connectivity index (χ3n) is 3.03. The van der Waals surface area contributed by atoms with E-state index in [1.165, 1.54) is 11.9 Å². The Kier molecular flexibility index (Phi) is 6.81. The Labute approximate surface area is 134 Å². The smallest absolute Gasteiger partial charge is 0.321 e. The summed E-state index contributed by atoms with van der Waals surface area (Å²) in [4.78, 5) is 36.3. The van der Waals surface area contributed by atoms with Crippen LogP contribution in [0.1, 0.15) is 6.92 Å². The minimum Gasteiger partial charge on any atom is -0.341 e. The number of benzene rings is 1. The molecule has 0 spiro atoms. The fraction of sp³-hybridized carbons (Fsp3) is 0.357. The number of anilines is 1. The second kappa shape index (κ2) is 8.35. The highest BCUT2D eigenvalue weighted by atomic mass is 35.5. The number of likely N-dealkylation sites (N-methyl/N-ethyl adjacent to an activating group) is 1. The van der Waals surface area contributed by atoms with E-state index < -0.39 is 18.0 Å². The first kappa shape index (κ1) is 17.9. The Morgan fingerprint density at radius 2 is 1.82 bits per heavy atom. The number of amides is 4. The van der Waals surface area contributed by atoms with E-state index in [1.54, 1.807) is 38.2 Å². The van der Waals surface area contributed by atoms with Gasteiger partial charge < -0.3 is 10.6 Å². The summed E-state index contributed by atoms with van der Waals surface area (Å²) in [5, 5.41) is 7.72. The third kappa shape index (κ3) is 5.71. The van der Waals surface area contributed by atoms with Crippen molar-refractivity contribution in [3.8, 4) is 0 Å². The van der Waals surface area contributed by atoms with E-state index in [2.05, 4.69) is 16.0 Å². The summed E-state index contributed by atoms with van der Waals surface area (Å²) >= 11 is 5.76. The molecule has 22 heavy (non-hydrogen) atoms. The zero-order valence-electron chi connectivity index (χ0n) is 12.6. The van der Waals surface area contributed by atoms with Crippen molar-refractivity contribution in [2.75, 3.05) is 26.0 Å². The summed E-state index contributed by atoms with van der Waals surface area (Å²) < 4.78 is 0. The number of rotatable bonds is 5. The SMILES string of the molecule is CNC(=O)NC(=O)[C@H](C)N(C)CC(=O)Nc1ccc(Cl)cc1. The van der Waals surface area contributed by atoms with E-state index in [0.717, 1.165) is 0 Å². The van der Waals surface area contributed by atoms with Gasteiger partial charge in [0.1, 0.15) is 0 Å². The second-order valence-electron chi connectivity index (χ2n) is 4.71. The maximum absolute atomic E-state index is 11.9. The van der Waals surface area contributed by atoms with Crippen LogP contribution in [0.3, 0.4) is 0 Å². The lowest BCUT2D eigenvalue weighted by Gasteiger charge is -2.22. The third-order valence-corrected chi connectivity index (χ3v) is 3.28. The van der Waals surface area contributed by atoms with Gasteiger partial charge in [-0.25, -0.2) is 4.79 Å². The number of carbonyl (C=O) groups is 3. The van der Waals surface area contributed by atoms with Crippen molar-refractivity contribution in [3.63, 3.8) is 0 Å². The molecule has 1 aromatic carbocycles. The van der Waals surface area contributed by atoms with Crippen molar-refractivity contribution in [3.05, 3.63) is 29.3 Å². The maximum atomic E-state index is 11.9. The molecule has 1 aromatic rings. The molecule has 0 unspecified atom stereocenters. The van der Waals surface area contributed by atoms with Crippen LogP contribution < -0.4 is 16.0 Å². The van der Waals surface area contributed by atoms with Crippen molar-refractivity contribution in [1.82, 2.24) is 15.5 Å². The first-order valence-electron chi connectivity index (χ1n) is 6.61. The molecule has 1 rings (SSSR count). The summed E-state index contributed by atoms with van der Waals surface area (Å²) in [6.07, 6.45) is 0. The number of halogens is 1. The molecule has 0 aliphatic carbocycles. The number of carbonyl (C=O) groups excluding carboxylic acids is 3. The van der Waals surface area contributed by atoms with Crippen LogP contribution >= 0.6 is 11.6 Å². The van der Waals surface area contributed by atoms with Crippen LogP contribution in [-0.4, -0.2) is 49.4 Å². The van der Waals surface area contributed by atoms with Gasteiger partial charge in [0.15, 0.2) is 0 Å². The predicted octanol–water partition coefficient (Wildman–Crippen LogP) is 1.05. The topological polar surface area (TPSA) is 90.5 Å². The van der Waals surface area contributed by atoms with Gasteiger partial charge in [0.25, 0.3) is 0 Å². The van der Waals surface area contributed by atoms with E-state index in [1.807, 2.05) is 0 Å². The summed E-state index contributed by atoms with van der Waals surface area (Å²) in [5.74, 6) is -0.759.